The molecular formula is C33H45F3N4O5Si. The number of alkyl halides is 3. The van der Waals surface area contributed by atoms with Crippen LogP contribution in [0.1, 0.15) is 52.3 Å². The molecule has 0 atom stereocenters. The van der Waals surface area contributed by atoms with E-state index in [2.05, 4.69) is 34.7 Å². The number of rotatable bonds is 12. The van der Waals surface area contributed by atoms with Gasteiger partial charge in [0.05, 0.1) is 12.0 Å². The molecule has 2 aromatic heterocycles. The highest BCUT2D eigenvalue weighted by Gasteiger charge is 2.45. The lowest BCUT2D eigenvalue weighted by molar-refractivity contribution is -0.175. The van der Waals surface area contributed by atoms with E-state index in [0.29, 0.717) is 50.3 Å². The molecule has 0 radical (unpaired) electrons. The van der Waals surface area contributed by atoms with Crippen LogP contribution in [0, 0.1) is 5.41 Å². The van der Waals surface area contributed by atoms with E-state index in [-0.39, 0.29) is 24.6 Å². The fraction of sp³-hybridized carbons (Fsp3) is 0.576. The van der Waals surface area contributed by atoms with Crippen LogP contribution in [0.25, 0.3) is 22.5 Å². The molecule has 1 saturated carbocycles. The van der Waals surface area contributed by atoms with Gasteiger partial charge in [0.1, 0.15) is 18.4 Å². The lowest BCUT2D eigenvalue weighted by Gasteiger charge is -2.39. The highest BCUT2D eigenvalue weighted by Crippen LogP contribution is 2.40. The van der Waals surface area contributed by atoms with Crippen LogP contribution in [-0.4, -0.2) is 65.8 Å². The van der Waals surface area contributed by atoms with Gasteiger partial charge in [-0.2, -0.15) is 13.2 Å². The minimum Gasteiger partial charge on any atom is -0.474 e. The van der Waals surface area contributed by atoms with Crippen molar-refractivity contribution in [2.24, 2.45) is 5.41 Å². The Morgan fingerprint density at radius 3 is 2.17 bits per heavy atom. The summed E-state index contributed by atoms with van der Waals surface area (Å²) < 4.78 is 64.6. The van der Waals surface area contributed by atoms with Gasteiger partial charge in [-0.15, -0.1) is 5.10 Å². The van der Waals surface area contributed by atoms with Gasteiger partial charge in [-0.3, -0.25) is 4.79 Å². The van der Waals surface area contributed by atoms with Crippen LogP contribution in [0.3, 0.4) is 0 Å². The first-order valence-corrected chi connectivity index (χ1v) is 19.2. The SMILES string of the molecule is COC[C@]1(C(=O)OC(C)(C)C)CC[C@H](Oc2ccc(-c3ccc(-c4nc(C(F)(F)F)n(COCC[Si](C)(C)C)n4)cc3)cn2)CC1. The van der Waals surface area contributed by atoms with Gasteiger partial charge >= 0.3 is 12.1 Å². The van der Waals surface area contributed by atoms with Crippen molar-refractivity contribution in [2.45, 2.75) is 96.8 Å². The van der Waals surface area contributed by atoms with E-state index in [4.69, 9.17) is 18.9 Å². The normalized spacial score (nSPS) is 19.2. The molecule has 46 heavy (non-hydrogen) atoms. The first-order chi connectivity index (χ1) is 21.5. The summed E-state index contributed by atoms with van der Waals surface area (Å²) in [6.07, 6.45) is -0.552. The molecular weight excluding hydrogens is 617 g/mol. The topological polar surface area (TPSA) is 97.6 Å². The number of carbonyl (C=O) groups is 1. The Bertz CT molecular complexity index is 1440. The van der Waals surface area contributed by atoms with Gasteiger partial charge in [0.15, 0.2) is 5.82 Å². The summed E-state index contributed by atoms with van der Waals surface area (Å²) in [6.45, 7) is 12.5. The lowest BCUT2D eigenvalue weighted by Crippen LogP contribution is -2.45. The molecule has 13 heteroatoms. The van der Waals surface area contributed by atoms with Gasteiger partial charge in [0.2, 0.25) is 11.7 Å². The number of esters is 1. The van der Waals surface area contributed by atoms with Gasteiger partial charge in [0, 0.05) is 45.2 Å². The zero-order valence-electron chi connectivity index (χ0n) is 27.7. The van der Waals surface area contributed by atoms with Gasteiger partial charge in [-0.05, 0) is 64.1 Å². The molecule has 0 amide bonds. The highest BCUT2D eigenvalue weighted by atomic mass is 28.3. The minimum atomic E-state index is -4.66. The number of hydrogen-bond acceptors (Lipinski definition) is 8. The molecule has 0 spiro atoms. The minimum absolute atomic E-state index is 0.0248. The number of benzene rings is 1. The van der Waals surface area contributed by atoms with Crippen molar-refractivity contribution in [1.29, 1.82) is 0 Å². The Labute approximate surface area is 269 Å². The van der Waals surface area contributed by atoms with E-state index in [1.807, 2.05) is 26.8 Å². The maximum Gasteiger partial charge on any atom is 0.451 e. The number of aromatic nitrogens is 4. The molecule has 0 N–H and O–H groups in total. The van der Waals surface area contributed by atoms with Gasteiger partial charge in [0.25, 0.3) is 0 Å². The van der Waals surface area contributed by atoms with E-state index >= 15 is 0 Å². The summed E-state index contributed by atoms with van der Waals surface area (Å²) in [4.78, 5) is 21.2. The monoisotopic (exact) mass is 662 g/mol. The average Bonchev–Trinajstić information content (AvgIpc) is 3.41. The van der Waals surface area contributed by atoms with E-state index in [9.17, 15) is 18.0 Å². The fourth-order valence-electron chi connectivity index (χ4n) is 5.23. The smallest absolute Gasteiger partial charge is 0.451 e. The van der Waals surface area contributed by atoms with E-state index in [1.54, 1.807) is 43.6 Å². The quantitative estimate of drug-likeness (QED) is 0.111. The maximum absolute atomic E-state index is 13.7. The first kappa shape index (κ1) is 35.6. The van der Waals surface area contributed by atoms with E-state index < -0.39 is 31.1 Å². The first-order valence-electron chi connectivity index (χ1n) is 15.5. The van der Waals surface area contributed by atoms with Crippen LogP contribution in [0.2, 0.25) is 25.7 Å². The number of carbonyl (C=O) groups excluding carboxylic acids is 1. The Morgan fingerprint density at radius 2 is 1.63 bits per heavy atom. The molecule has 0 saturated heterocycles. The zero-order valence-corrected chi connectivity index (χ0v) is 28.7. The zero-order chi connectivity index (χ0) is 33.8. The molecule has 1 aliphatic rings. The molecule has 4 rings (SSSR count). The molecule has 3 aromatic rings. The van der Waals surface area contributed by atoms with Crippen molar-refractivity contribution in [3.05, 3.63) is 48.4 Å². The maximum atomic E-state index is 13.7. The molecule has 0 bridgehead atoms. The molecule has 1 aromatic carbocycles. The highest BCUT2D eigenvalue weighted by molar-refractivity contribution is 6.76. The van der Waals surface area contributed by atoms with E-state index in [0.717, 1.165) is 21.9 Å². The second-order valence-electron chi connectivity index (χ2n) is 14.1. The second kappa shape index (κ2) is 14.2. The summed E-state index contributed by atoms with van der Waals surface area (Å²) in [5.74, 6) is -0.876. The van der Waals surface area contributed by atoms with Crippen LogP contribution in [0.5, 0.6) is 5.88 Å². The van der Waals surface area contributed by atoms with Crippen LogP contribution in [0.4, 0.5) is 13.2 Å². The predicted molar refractivity (Wildman–Crippen MR) is 171 cm³/mol. The van der Waals surface area contributed by atoms with E-state index in [1.165, 1.54) is 0 Å². The Morgan fingerprint density at radius 1 is 1.00 bits per heavy atom. The van der Waals surface area contributed by atoms with Crippen LogP contribution < -0.4 is 4.74 Å². The largest absolute Gasteiger partial charge is 0.474 e. The second-order valence-corrected chi connectivity index (χ2v) is 19.7. The lowest BCUT2D eigenvalue weighted by atomic mass is 9.73. The molecule has 9 nitrogen and oxygen atoms in total. The number of hydrogen-bond donors (Lipinski definition) is 0. The Kier molecular flexibility index (Phi) is 11.0. The van der Waals surface area contributed by atoms with Crippen molar-refractivity contribution in [1.82, 2.24) is 19.7 Å². The molecule has 1 aliphatic carbocycles. The number of ether oxygens (including phenoxy) is 4. The van der Waals surface area contributed by atoms with Crippen LogP contribution in [0.15, 0.2) is 42.6 Å². The van der Waals surface area contributed by atoms with Crippen molar-refractivity contribution in [3.8, 4) is 28.4 Å². The van der Waals surface area contributed by atoms with Gasteiger partial charge < -0.3 is 18.9 Å². The van der Waals surface area contributed by atoms with Crippen molar-refractivity contribution in [2.75, 3.05) is 20.3 Å². The van der Waals surface area contributed by atoms with Crippen LogP contribution in [-0.2, 0) is 31.9 Å². The van der Waals surface area contributed by atoms with Crippen molar-refractivity contribution >= 4 is 14.0 Å². The summed E-state index contributed by atoms with van der Waals surface area (Å²) in [5.41, 5.74) is 0.838. The molecule has 1 fully saturated rings. The molecule has 252 valence electrons. The predicted octanol–water partition coefficient (Wildman–Crippen LogP) is 7.63. The summed E-state index contributed by atoms with van der Waals surface area (Å²) in [6, 6.07) is 11.5. The number of nitrogens with zero attached hydrogens (tertiary/aromatic N) is 4. The fourth-order valence-corrected chi connectivity index (χ4v) is 5.99. The van der Waals surface area contributed by atoms with Crippen LogP contribution >= 0.6 is 0 Å². The number of pyridine rings is 1. The van der Waals surface area contributed by atoms with Crippen molar-refractivity contribution < 1.29 is 36.9 Å². The van der Waals surface area contributed by atoms with Gasteiger partial charge in [-0.1, -0.05) is 43.9 Å². The third-order valence-electron chi connectivity index (χ3n) is 7.78. The van der Waals surface area contributed by atoms with Crippen molar-refractivity contribution in [3.63, 3.8) is 0 Å². The van der Waals surface area contributed by atoms with Gasteiger partial charge in [-0.25, -0.2) is 14.6 Å². The third kappa shape index (κ3) is 9.61. The standard InChI is InChI=1S/C33H45F3N4O5Si/c1-31(2,3)45-30(41)32(21-42-4)16-14-26(15-17-32)44-27-13-12-25(20-37-27)23-8-10-24(11-9-23)28-38-29(33(34,35)36)40(39-28)22-43-18-19-46(5,6)7/h8-13,20,26H,14-19,21-22H2,1-7H3/t26-,32-. The Balaban J connectivity index is 1.37. The number of halogens is 3. The average molecular weight is 663 g/mol. The molecule has 0 aliphatic heterocycles. The molecule has 2 heterocycles. The number of methoxy groups -OCH3 is 1. The Hall–Kier alpha value is -3.29. The molecule has 0 unspecified atom stereocenters. The third-order valence-corrected chi connectivity index (χ3v) is 9.48. The summed E-state index contributed by atoms with van der Waals surface area (Å²) in [7, 11) is 0.213. The summed E-state index contributed by atoms with van der Waals surface area (Å²) in [5, 5.41) is 4.11. The summed E-state index contributed by atoms with van der Waals surface area (Å²) >= 11 is 0.